The fourth-order valence-corrected chi connectivity index (χ4v) is 0. The summed E-state index contributed by atoms with van der Waals surface area (Å²) in [5.41, 5.74) is 0. The molecule has 0 amide bonds. The molecule has 0 saturated carbocycles. The van der Waals surface area contributed by atoms with Crippen molar-refractivity contribution in [3.63, 3.8) is 0 Å². The van der Waals surface area contributed by atoms with Crippen molar-refractivity contribution in [2.24, 2.45) is 0 Å². The molecule has 4 radical (unpaired) electrons. The topological polar surface area (TPSA) is 0 Å². The maximum atomic E-state index is 2.37. The number of rotatable bonds is 0. The largest absolute Gasteiger partial charge is 0 e. The van der Waals surface area contributed by atoms with E-state index in [0.29, 0.717) is 9.47 Å². The smallest absolute Gasteiger partial charge is 0 e. The zero-order chi connectivity index (χ0) is 2.71. The molecule has 0 atom stereocenters. The summed E-state index contributed by atoms with van der Waals surface area (Å²) in [4.78, 5) is 0. The van der Waals surface area contributed by atoms with E-state index in [1.807, 2.05) is 0 Å². The minimum atomic E-state index is 0. The van der Waals surface area contributed by atoms with Crippen molar-refractivity contribution < 1.29 is 28.0 Å². The van der Waals surface area contributed by atoms with Gasteiger partial charge in [0.25, 0.3) is 0 Å². The van der Waals surface area contributed by atoms with Crippen molar-refractivity contribution in [2.75, 3.05) is 0 Å². The summed E-state index contributed by atoms with van der Waals surface area (Å²) >= 11 is 4.74. The maximum Gasteiger partial charge on any atom is 0 e. The molecule has 0 spiro atoms. The molecular formula is BI2V2. The molecule has 0 aliphatic rings. The van der Waals surface area contributed by atoms with Gasteiger partial charge in [-0.15, -0.1) is 0 Å². The van der Waals surface area contributed by atoms with Crippen LogP contribution >= 0.6 is 40.0 Å². The van der Waals surface area contributed by atoms with Gasteiger partial charge in [0.2, 0.25) is 0 Å². The van der Waals surface area contributed by atoms with Crippen molar-refractivity contribution in [3.8, 4) is 0 Å². The first-order valence-corrected chi connectivity index (χ1v) is 9.35. The second kappa shape index (κ2) is 15.9. The van der Waals surface area contributed by atoms with Crippen LogP contribution < -0.4 is 0 Å². The third-order valence-corrected chi connectivity index (χ3v) is 0. The molecule has 0 aromatic carbocycles. The summed E-state index contributed by atoms with van der Waals surface area (Å²) < 4.78 is 0. The van der Waals surface area contributed by atoms with Gasteiger partial charge in [-0.1, -0.05) is 0 Å². The van der Waals surface area contributed by atoms with Crippen LogP contribution in [0, 0.1) is 0 Å². The quantitative estimate of drug-likeness (QED) is 0.449. The van der Waals surface area contributed by atoms with Crippen LogP contribution in [0.1, 0.15) is 0 Å². The molecule has 0 aliphatic heterocycles. The second-order valence-electron chi connectivity index (χ2n) is 0.0639. The Bertz CT molecular complexity index is 7.61. The first-order valence-electron chi connectivity index (χ1n) is 0.338. The number of hydrogen-bond donors (Lipinski definition) is 0. The molecule has 27 valence electrons. The van der Waals surface area contributed by atoms with Gasteiger partial charge in [0.15, 0.2) is 0 Å². The van der Waals surface area contributed by atoms with E-state index in [9.17, 15) is 0 Å². The zero-order valence-electron chi connectivity index (χ0n) is 2.23. The molecule has 0 nitrogen and oxygen atoms in total. The van der Waals surface area contributed by atoms with E-state index in [1.54, 1.807) is 0 Å². The van der Waals surface area contributed by atoms with E-state index in [4.69, 9.17) is 0 Å². The van der Waals surface area contributed by atoms with Crippen molar-refractivity contribution in [2.45, 2.75) is 0 Å². The SMILES string of the molecule is [B].[I][V][I].[V]. The molecule has 0 rings (SSSR count). The number of hydrogen-bond acceptors (Lipinski definition) is 0. The van der Waals surface area contributed by atoms with Gasteiger partial charge >= 0.3 is 49.4 Å². The minimum absolute atomic E-state index is 0. The third-order valence-electron chi connectivity index (χ3n) is 0. The molecule has 0 N–H and O–H groups in total. The van der Waals surface area contributed by atoms with E-state index in [-0.39, 0.29) is 27.0 Å². The average molecular weight is 367 g/mol. The van der Waals surface area contributed by atoms with Crippen molar-refractivity contribution in [3.05, 3.63) is 0 Å². The normalized spacial score (nSPS) is 2.80. The summed E-state index contributed by atoms with van der Waals surface area (Å²) in [5.74, 6) is 0. The molecule has 5 heavy (non-hydrogen) atoms. The molecule has 0 aromatic rings. The molecule has 0 aromatic heterocycles. The van der Waals surface area contributed by atoms with Crippen LogP contribution in [0.2, 0.25) is 0 Å². The van der Waals surface area contributed by atoms with Gasteiger partial charge in [-0.2, -0.15) is 0 Å². The van der Waals surface area contributed by atoms with Crippen LogP contribution in [-0.4, -0.2) is 8.41 Å². The summed E-state index contributed by atoms with van der Waals surface area (Å²) in [6.07, 6.45) is 0. The van der Waals surface area contributed by atoms with Crippen LogP contribution in [0.25, 0.3) is 0 Å². The average Bonchev–Trinajstić information content (AvgIpc) is 0.918. The molecule has 0 bridgehead atoms. The van der Waals surface area contributed by atoms with E-state index in [0.717, 1.165) is 0 Å². The van der Waals surface area contributed by atoms with Crippen LogP contribution in [0.4, 0.5) is 0 Å². The fraction of sp³-hybridized carbons (Fsp3) is 0. The monoisotopic (exact) mass is 367 g/mol. The van der Waals surface area contributed by atoms with Crippen molar-refractivity contribution in [1.29, 1.82) is 0 Å². The molecular weight excluding hydrogens is 367 g/mol. The Morgan fingerprint density at radius 3 is 1.20 bits per heavy atom. The first-order chi connectivity index (χ1) is 1.41. The van der Waals surface area contributed by atoms with Gasteiger partial charge < -0.3 is 0 Å². The van der Waals surface area contributed by atoms with Crippen LogP contribution in [-0.2, 0) is 28.0 Å². The molecule has 0 unspecified atom stereocenters. The Morgan fingerprint density at radius 2 is 1.20 bits per heavy atom. The standard InChI is InChI=1S/B.2HI.2V/h;2*1H;;/q;;;;+2/p-2. The predicted molar refractivity (Wildman–Crippen MR) is 33.8 cm³/mol. The fourth-order valence-electron chi connectivity index (χ4n) is 0. The first kappa shape index (κ1) is 15.6. The van der Waals surface area contributed by atoms with Gasteiger partial charge in [-0.3, -0.25) is 0 Å². The molecule has 0 saturated heterocycles. The van der Waals surface area contributed by atoms with Gasteiger partial charge in [0, 0.05) is 27.0 Å². The Hall–Kier alpha value is 2.69. The van der Waals surface area contributed by atoms with Crippen LogP contribution in [0.15, 0.2) is 0 Å². The van der Waals surface area contributed by atoms with Gasteiger partial charge in [-0.25, -0.2) is 0 Å². The van der Waals surface area contributed by atoms with Crippen molar-refractivity contribution >= 4 is 48.4 Å². The number of halogens is 2. The summed E-state index contributed by atoms with van der Waals surface area (Å²) in [5, 5.41) is 0. The van der Waals surface area contributed by atoms with E-state index in [2.05, 4.69) is 40.0 Å². The zero-order valence-corrected chi connectivity index (χ0v) is 9.34. The third kappa shape index (κ3) is 20.3. The Kier molecular flexibility index (Phi) is 49.8. The second-order valence-corrected chi connectivity index (χ2v) is 11.9. The van der Waals surface area contributed by atoms with E-state index in [1.165, 1.54) is 0 Å². The molecule has 5 heteroatoms. The summed E-state index contributed by atoms with van der Waals surface area (Å²) in [7, 11) is 0.628. The van der Waals surface area contributed by atoms with Crippen LogP contribution in [0.3, 0.4) is 0 Å². The Labute approximate surface area is 74.9 Å². The van der Waals surface area contributed by atoms with Gasteiger partial charge in [-0.05, 0) is 0 Å². The van der Waals surface area contributed by atoms with Crippen molar-refractivity contribution in [1.82, 2.24) is 0 Å². The molecule has 0 fully saturated rings. The van der Waals surface area contributed by atoms with E-state index >= 15 is 0 Å². The Balaban J connectivity index is -0.0000000200. The molecule has 0 heterocycles. The van der Waals surface area contributed by atoms with E-state index < -0.39 is 0 Å². The minimum Gasteiger partial charge on any atom is 0 e. The summed E-state index contributed by atoms with van der Waals surface area (Å²) in [6.45, 7) is 0. The van der Waals surface area contributed by atoms with Gasteiger partial charge in [0.05, 0.1) is 0 Å². The van der Waals surface area contributed by atoms with Gasteiger partial charge in [0.1, 0.15) is 0 Å². The Morgan fingerprint density at radius 1 is 1.20 bits per heavy atom. The maximum absolute atomic E-state index is 2.37. The molecule has 0 aliphatic carbocycles. The predicted octanol–water partition coefficient (Wildman–Crippen LogP) is 1.39. The summed E-state index contributed by atoms with van der Waals surface area (Å²) in [6, 6.07) is 0. The van der Waals surface area contributed by atoms with Crippen LogP contribution in [0.5, 0.6) is 0 Å².